The van der Waals surface area contributed by atoms with Crippen molar-refractivity contribution < 1.29 is 28.3 Å². The van der Waals surface area contributed by atoms with E-state index in [1.54, 1.807) is 29.2 Å². The Hall–Kier alpha value is -4.07. The monoisotopic (exact) mass is 432 g/mol. The number of hydrogen-bond acceptors (Lipinski definition) is 6. The molecule has 8 heteroatoms. The van der Waals surface area contributed by atoms with E-state index in [1.165, 1.54) is 12.3 Å². The highest BCUT2D eigenvalue weighted by molar-refractivity contribution is 6.22. The van der Waals surface area contributed by atoms with Gasteiger partial charge in [0.05, 0.1) is 23.9 Å². The first-order chi connectivity index (χ1) is 15.5. The molecule has 0 saturated carbocycles. The van der Waals surface area contributed by atoms with Crippen LogP contribution in [0.3, 0.4) is 0 Å². The fourth-order valence-corrected chi connectivity index (χ4v) is 3.90. The highest BCUT2D eigenvalue weighted by atomic mass is 16.7. The molecule has 2 aliphatic rings. The number of carbonyl (C=O) groups excluding carboxylic acids is 3. The first kappa shape index (κ1) is 19.9. The van der Waals surface area contributed by atoms with Crippen LogP contribution < -0.4 is 9.47 Å². The first-order valence-electron chi connectivity index (χ1n) is 10.3. The Morgan fingerprint density at radius 2 is 1.81 bits per heavy atom. The third-order valence-electron chi connectivity index (χ3n) is 5.59. The Labute approximate surface area is 183 Å². The molecule has 1 aromatic heterocycles. The van der Waals surface area contributed by atoms with E-state index in [-0.39, 0.29) is 30.4 Å². The number of carbonyl (C=O) groups is 3. The Bertz CT molecular complexity index is 1220. The maximum absolute atomic E-state index is 13.2. The van der Waals surface area contributed by atoms with Crippen LogP contribution in [0.25, 0.3) is 0 Å². The molecule has 3 aromatic rings. The van der Waals surface area contributed by atoms with Gasteiger partial charge in [-0.1, -0.05) is 6.07 Å². The van der Waals surface area contributed by atoms with Crippen molar-refractivity contribution in [3.05, 3.63) is 82.8 Å². The van der Waals surface area contributed by atoms with Gasteiger partial charge in [0.1, 0.15) is 5.76 Å². The minimum atomic E-state index is -0.435. The van der Waals surface area contributed by atoms with Gasteiger partial charge < -0.3 is 18.8 Å². The Kier molecular flexibility index (Phi) is 4.89. The number of hydrogen-bond donors (Lipinski definition) is 0. The molecule has 0 saturated heterocycles. The molecule has 3 heterocycles. The Morgan fingerprint density at radius 3 is 2.59 bits per heavy atom. The zero-order chi connectivity index (χ0) is 22.2. The lowest BCUT2D eigenvalue weighted by molar-refractivity contribution is 0.0631. The van der Waals surface area contributed by atoms with Gasteiger partial charge in [-0.2, -0.15) is 0 Å². The second-order valence-electron chi connectivity index (χ2n) is 7.54. The number of rotatable bonds is 6. The quantitative estimate of drug-likeness (QED) is 0.554. The molecule has 0 atom stereocenters. The van der Waals surface area contributed by atoms with Crippen LogP contribution in [0.2, 0.25) is 0 Å². The molecule has 0 radical (unpaired) electrons. The van der Waals surface area contributed by atoms with Gasteiger partial charge in [-0.3, -0.25) is 19.3 Å². The smallest absolute Gasteiger partial charge is 0.261 e. The summed E-state index contributed by atoms with van der Waals surface area (Å²) in [5.41, 5.74) is 1.78. The van der Waals surface area contributed by atoms with Gasteiger partial charge in [-0.25, -0.2) is 0 Å². The number of ether oxygens (including phenoxy) is 2. The molecule has 2 aliphatic heterocycles. The van der Waals surface area contributed by atoms with E-state index in [1.807, 2.05) is 25.1 Å². The summed E-state index contributed by atoms with van der Waals surface area (Å²) in [4.78, 5) is 41.5. The molecule has 8 nitrogen and oxygen atoms in total. The number of furan rings is 1. The molecular weight excluding hydrogens is 412 g/mol. The highest BCUT2D eigenvalue weighted by Crippen LogP contribution is 2.33. The summed E-state index contributed by atoms with van der Waals surface area (Å²) in [7, 11) is 0. The molecule has 2 aromatic carbocycles. The topological polar surface area (TPSA) is 89.3 Å². The standard InChI is InChI=1S/C24H20N2O6/c1-2-25(12-15-5-8-20-21(10-15)32-14-31-20)22(27)16-6-7-18-19(11-16)24(29)26(23(18)28)13-17-4-3-9-30-17/h3-11H,2,12-14H2,1H3. The van der Waals surface area contributed by atoms with Crippen LogP contribution in [0.4, 0.5) is 0 Å². The van der Waals surface area contributed by atoms with Crippen LogP contribution in [0.5, 0.6) is 11.5 Å². The molecule has 0 spiro atoms. The van der Waals surface area contributed by atoms with Crippen LogP contribution in [-0.2, 0) is 13.1 Å². The predicted molar refractivity (Wildman–Crippen MR) is 112 cm³/mol. The Morgan fingerprint density at radius 1 is 1.00 bits per heavy atom. The number of nitrogens with zero attached hydrogens (tertiary/aromatic N) is 2. The highest BCUT2D eigenvalue weighted by Gasteiger charge is 2.36. The summed E-state index contributed by atoms with van der Waals surface area (Å²) in [6, 6.07) is 13.6. The zero-order valence-electron chi connectivity index (χ0n) is 17.4. The summed E-state index contributed by atoms with van der Waals surface area (Å²) in [6.45, 7) is 2.97. The summed E-state index contributed by atoms with van der Waals surface area (Å²) < 4.78 is 16.0. The molecular formula is C24H20N2O6. The van der Waals surface area contributed by atoms with Crippen LogP contribution >= 0.6 is 0 Å². The van der Waals surface area contributed by atoms with E-state index >= 15 is 0 Å². The van der Waals surface area contributed by atoms with Crippen LogP contribution in [0.1, 0.15) is 49.3 Å². The van der Waals surface area contributed by atoms with E-state index in [2.05, 4.69) is 0 Å². The fourth-order valence-electron chi connectivity index (χ4n) is 3.90. The van der Waals surface area contributed by atoms with Crippen molar-refractivity contribution in [1.82, 2.24) is 9.80 Å². The normalized spacial score (nSPS) is 14.1. The molecule has 0 fully saturated rings. The summed E-state index contributed by atoms with van der Waals surface area (Å²) in [6.07, 6.45) is 1.49. The summed E-state index contributed by atoms with van der Waals surface area (Å²) in [5.74, 6) is 0.797. The van der Waals surface area contributed by atoms with Crippen LogP contribution in [-0.4, -0.2) is 40.9 Å². The lowest BCUT2D eigenvalue weighted by Crippen LogP contribution is -2.30. The van der Waals surface area contributed by atoms with Crippen molar-refractivity contribution in [1.29, 1.82) is 0 Å². The molecule has 0 aliphatic carbocycles. The lowest BCUT2D eigenvalue weighted by Gasteiger charge is -2.21. The maximum Gasteiger partial charge on any atom is 0.261 e. The summed E-state index contributed by atoms with van der Waals surface area (Å²) >= 11 is 0. The van der Waals surface area contributed by atoms with Gasteiger partial charge in [0.2, 0.25) is 6.79 Å². The third kappa shape index (κ3) is 3.39. The number of imide groups is 1. The minimum Gasteiger partial charge on any atom is -0.467 e. The average molecular weight is 432 g/mol. The summed E-state index contributed by atoms with van der Waals surface area (Å²) in [5, 5.41) is 0. The zero-order valence-corrected chi connectivity index (χ0v) is 17.4. The SMILES string of the molecule is CCN(Cc1ccc2c(c1)OCO2)C(=O)c1ccc2c(c1)C(=O)N(Cc1ccco1)C2=O. The lowest BCUT2D eigenvalue weighted by atomic mass is 10.0. The molecule has 5 rings (SSSR count). The van der Waals surface area contributed by atoms with Crippen molar-refractivity contribution >= 4 is 17.7 Å². The van der Waals surface area contributed by atoms with Crippen molar-refractivity contribution in [3.8, 4) is 11.5 Å². The molecule has 0 bridgehead atoms. The number of amides is 3. The largest absolute Gasteiger partial charge is 0.467 e. The van der Waals surface area contributed by atoms with Gasteiger partial charge in [0.15, 0.2) is 11.5 Å². The van der Waals surface area contributed by atoms with Gasteiger partial charge in [0.25, 0.3) is 17.7 Å². The third-order valence-corrected chi connectivity index (χ3v) is 5.59. The van der Waals surface area contributed by atoms with E-state index < -0.39 is 11.8 Å². The van der Waals surface area contributed by atoms with Gasteiger partial charge in [-0.05, 0) is 55.0 Å². The van der Waals surface area contributed by atoms with E-state index in [0.29, 0.717) is 35.9 Å². The minimum absolute atomic E-state index is 0.0494. The van der Waals surface area contributed by atoms with Crippen molar-refractivity contribution in [2.45, 2.75) is 20.0 Å². The fraction of sp³-hybridized carbons (Fsp3) is 0.208. The molecule has 162 valence electrons. The van der Waals surface area contributed by atoms with E-state index in [9.17, 15) is 14.4 Å². The van der Waals surface area contributed by atoms with E-state index in [0.717, 1.165) is 10.5 Å². The van der Waals surface area contributed by atoms with Crippen molar-refractivity contribution in [2.24, 2.45) is 0 Å². The van der Waals surface area contributed by atoms with Crippen molar-refractivity contribution in [2.75, 3.05) is 13.3 Å². The molecule has 3 amide bonds. The molecule has 0 N–H and O–H groups in total. The van der Waals surface area contributed by atoms with Gasteiger partial charge >= 0.3 is 0 Å². The van der Waals surface area contributed by atoms with Crippen LogP contribution in [0, 0.1) is 0 Å². The van der Waals surface area contributed by atoms with Gasteiger partial charge in [-0.15, -0.1) is 0 Å². The van der Waals surface area contributed by atoms with Gasteiger partial charge in [0, 0.05) is 18.7 Å². The van der Waals surface area contributed by atoms with E-state index in [4.69, 9.17) is 13.9 Å². The number of fused-ring (bicyclic) bond motifs is 2. The van der Waals surface area contributed by atoms with Crippen LogP contribution in [0.15, 0.2) is 59.2 Å². The van der Waals surface area contributed by atoms with Crippen molar-refractivity contribution in [3.63, 3.8) is 0 Å². The maximum atomic E-state index is 13.2. The Balaban J connectivity index is 1.36. The second kappa shape index (κ2) is 7.88. The predicted octanol–water partition coefficient (Wildman–Crippen LogP) is 3.47. The molecule has 32 heavy (non-hydrogen) atoms. The number of benzene rings is 2. The second-order valence-corrected chi connectivity index (χ2v) is 7.54. The molecule has 0 unspecified atom stereocenters. The first-order valence-corrected chi connectivity index (χ1v) is 10.3. The average Bonchev–Trinajstić information content (AvgIpc) is 3.54.